The Hall–Kier alpha value is -2.60. The van der Waals surface area contributed by atoms with Crippen molar-refractivity contribution in [1.82, 2.24) is 10.3 Å². The van der Waals surface area contributed by atoms with E-state index >= 15 is 0 Å². The number of nitrogens with one attached hydrogen (secondary N) is 1. The van der Waals surface area contributed by atoms with E-state index < -0.39 is 0 Å². The van der Waals surface area contributed by atoms with Gasteiger partial charge in [0.2, 0.25) is 5.71 Å². The largest absolute Gasteiger partial charge is 0.497 e. The number of methoxy groups -OCH3 is 1. The monoisotopic (exact) mass is 326 g/mol. The summed E-state index contributed by atoms with van der Waals surface area (Å²) >= 11 is 0. The number of aromatic nitrogens is 1. The number of pyridine rings is 1. The number of hydrogen-bond donors (Lipinski definition) is 1. The standard InChI is InChI=1S/C18H18N2O4/c1-22-13-4-5-15-11(8-13)7-12-9-16(24-18(12)20-15)17(21)19-10-14-3-2-6-23-14/h4-5,7-9,14H,2-3,6,10H2,1H3,(H,19,21). The van der Waals surface area contributed by atoms with E-state index in [4.69, 9.17) is 13.9 Å². The van der Waals surface area contributed by atoms with Gasteiger partial charge in [-0.3, -0.25) is 4.79 Å². The summed E-state index contributed by atoms with van der Waals surface area (Å²) in [6.45, 7) is 1.27. The topological polar surface area (TPSA) is 73.6 Å². The maximum absolute atomic E-state index is 12.3. The molecule has 1 saturated heterocycles. The van der Waals surface area contributed by atoms with Crippen LogP contribution in [0.25, 0.3) is 22.0 Å². The van der Waals surface area contributed by atoms with Crippen molar-refractivity contribution in [2.24, 2.45) is 0 Å². The summed E-state index contributed by atoms with van der Waals surface area (Å²) in [6, 6.07) is 9.28. The molecule has 1 atom stereocenters. The van der Waals surface area contributed by atoms with E-state index in [1.807, 2.05) is 24.3 Å². The molecule has 1 N–H and O–H groups in total. The highest BCUT2D eigenvalue weighted by Gasteiger charge is 2.19. The fraction of sp³-hybridized carbons (Fsp3) is 0.333. The molecule has 124 valence electrons. The Balaban J connectivity index is 1.59. The Morgan fingerprint density at radius 1 is 1.33 bits per heavy atom. The minimum Gasteiger partial charge on any atom is -0.497 e. The first kappa shape index (κ1) is 15.0. The van der Waals surface area contributed by atoms with E-state index in [0.717, 1.165) is 41.5 Å². The summed E-state index contributed by atoms with van der Waals surface area (Å²) in [6.07, 6.45) is 2.13. The van der Waals surface area contributed by atoms with Crippen molar-refractivity contribution in [2.45, 2.75) is 18.9 Å². The summed E-state index contributed by atoms with van der Waals surface area (Å²) in [5, 5.41) is 4.58. The zero-order valence-electron chi connectivity index (χ0n) is 13.4. The Morgan fingerprint density at radius 2 is 2.25 bits per heavy atom. The zero-order valence-corrected chi connectivity index (χ0v) is 13.4. The average Bonchev–Trinajstić information content (AvgIpc) is 3.26. The summed E-state index contributed by atoms with van der Waals surface area (Å²) in [7, 11) is 1.63. The van der Waals surface area contributed by atoms with Crippen LogP contribution in [0.2, 0.25) is 0 Å². The van der Waals surface area contributed by atoms with Gasteiger partial charge in [-0.25, -0.2) is 4.98 Å². The van der Waals surface area contributed by atoms with Crippen LogP contribution in [0.4, 0.5) is 0 Å². The van der Waals surface area contributed by atoms with Crippen LogP contribution in [0, 0.1) is 0 Å². The molecule has 1 unspecified atom stereocenters. The van der Waals surface area contributed by atoms with Crippen LogP contribution < -0.4 is 10.1 Å². The first-order valence-corrected chi connectivity index (χ1v) is 8.01. The predicted octanol–water partition coefficient (Wildman–Crippen LogP) is 2.90. The normalized spacial score (nSPS) is 17.5. The van der Waals surface area contributed by atoms with E-state index in [1.54, 1.807) is 13.2 Å². The van der Waals surface area contributed by atoms with Crippen LogP contribution in [0.3, 0.4) is 0 Å². The Bertz CT molecular complexity index is 897. The zero-order chi connectivity index (χ0) is 16.5. The number of benzene rings is 1. The summed E-state index contributed by atoms with van der Waals surface area (Å²) in [5.74, 6) is 0.782. The van der Waals surface area contributed by atoms with Crippen LogP contribution in [-0.4, -0.2) is 37.3 Å². The van der Waals surface area contributed by atoms with Crippen molar-refractivity contribution in [3.05, 3.63) is 36.1 Å². The van der Waals surface area contributed by atoms with Crippen molar-refractivity contribution in [3.63, 3.8) is 0 Å². The molecule has 6 nitrogen and oxygen atoms in total. The lowest BCUT2D eigenvalue weighted by Gasteiger charge is -2.09. The van der Waals surface area contributed by atoms with E-state index in [-0.39, 0.29) is 17.8 Å². The van der Waals surface area contributed by atoms with Crippen LogP contribution in [0.5, 0.6) is 5.75 Å². The van der Waals surface area contributed by atoms with Crippen LogP contribution in [-0.2, 0) is 4.74 Å². The molecule has 0 radical (unpaired) electrons. The molecule has 0 bridgehead atoms. The molecular weight excluding hydrogens is 308 g/mol. The predicted molar refractivity (Wildman–Crippen MR) is 89.4 cm³/mol. The van der Waals surface area contributed by atoms with Crippen molar-refractivity contribution < 1.29 is 18.7 Å². The number of fused-ring (bicyclic) bond motifs is 2. The van der Waals surface area contributed by atoms with Crippen LogP contribution in [0.15, 0.2) is 34.7 Å². The van der Waals surface area contributed by atoms with E-state index in [0.29, 0.717) is 12.3 Å². The van der Waals surface area contributed by atoms with Crippen molar-refractivity contribution in [3.8, 4) is 5.75 Å². The van der Waals surface area contributed by atoms with Gasteiger partial charge in [-0.1, -0.05) is 0 Å². The lowest BCUT2D eigenvalue weighted by molar-refractivity contribution is 0.0836. The molecular formula is C18H18N2O4. The number of carbonyl (C=O) groups is 1. The maximum Gasteiger partial charge on any atom is 0.287 e. The highest BCUT2D eigenvalue weighted by Crippen LogP contribution is 2.25. The summed E-state index contributed by atoms with van der Waals surface area (Å²) in [5.41, 5.74) is 1.25. The smallest absolute Gasteiger partial charge is 0.287 e. The van der Waals surface area contributed by atoms with E-state index in [1.165, 1.54) is 0 Å². The number of nitrogens with zero attached hydrogens (tertiary/aromatic N) is 1. The van der Waals surface area contributed by atoms with Gasteiger partial charge in [-0.05, 0) is 43.2 Å². The Morgan fingerprint density at radius 3 is 3.04 bits per heavy atom. The van der Waals surface area contributed by atoms with Gasteiger partial charge in [-0.2, -0.15) is 0 Å². The lowest BCUT2D eigenvalue weighted by atomic mass is 10.2. The number of carbonyl (C=O) groups excluding carboxylic acids is 1. The van der Waals surface area contributed by atoms with Crippen LogP contribution in [0.1, 0.15) is 23.4 Å². The van der Waals surface area contributed by atoms with Crippen molar-refractivity contribution in [2.75, 3.05) is 20.3 Å². The molecule has 1 aromatic carbocycles. The maximum atomic E-state index is 12.3. The van der Waals surface area contributed by atoms with Gasteiger partial charge >= 0.3 is 0 Å². The van der Waals surface area contributed by atoms with Gasteiger partial charge in [0, 0.05) is 23.9 Å². The van der Waals surface area contributed by atoms with Gasteiger partial charge in [-0.15, -0.1) is 0 Å². The molecule has 24 heavy (non-hydrogen) atoms. The molecule has 1 aliphatic heterocycles. The highest BCUT2D eigenvalue weighted by molar-refractivity contribution is 5.98. The molecule has 0 spiro atoms. The minimum absolute atomic E-state index is 0.103. The van der Waals surface area contributed by atoms with Gasteiger partial charge in [0.05, 0.1) is 18.7 Å². The molecule has 3 aromatic rings. The SMILES string of the molecule is COc1ccc2nc3oc(C(=O)NCC4CCCO4)cc3cc2c1. The third kappa shape index (κ3) is 2.80. The second-order valence-electron chi connectivity index (χ2n) is 5.90. The summed E-state index contributed by atoms with van der Waals surface area (Å²) in [4.78, 5) is 16.7. The van der Waals surface area contributed by atoms with Crippen LogP contribution >= 0.6 is 0 Å². The van der Waals surface area contributed by atoms with Crippen molar-refractivity contribution >= 4 is 27.9 Å². The Kier molecular flexibility index (Phi) is 3.82. The van der Waals surface area contributed by atoms with Gasteiger partial charge in [0.25, 0.3) is 5.91 Å². The number of furan rings is 1. The molecule has 0 saturated carbocycles. The molecule has 3 heterocycles. The number of hydrogen-bond acceptors (Lipinski definition) is 5. The second-order valence-corrected chi connectivity index (χ2v) is 5.90. The lowest BCUT2D eigenvalue weighted by Crippen LogP contribution is -2.31. The molecule has 1 fully saturated rings. The average molecular weight is 326 g/mol. The van der Waals surface area contributed by atoms with Crippen molar-refractivity contribution in [1.29, 1.82) is 0 Å². The first-order valence-electron chi connectivity index (χ1n) is 8.01. The van der Waals surface area contributed by atoms with Gasteiger partial charge < -0.3 is 19.2 Å². The molecule has 2 aromatic heterocycles. The fourth-order valence-corrected chi connectivity index (χ4v) is 2.95. The quantitative estimate of drug-likeness (QED) is 0.798. The number of amides is 1. The summed E-state index contributed by atoms with van der Waals surface area (Å²) < 4.78 is 16.3. The first-order chi connectivity index (χ1) is 11.7. The van der Waals surface area contributed by atoms with E-state index in [2.05, 4.69) is 10.3 Å². The highest BCUT2D eigenvalue weighted by atomic mass is 16.5. The fourth-order valence-electron chi connectivity index (χ4n) is 2.95. The molecule has 0 aliphatic carbocycles. The Labute approximate surface area is 138 Å². The van der Waals surface area contributed by atoms with E-state index in [9.17, 15) is 4.79 Å². The molecule has 1 amide bonds. The van der Waals surface area contributed by atoms with Gasteiger partial charge in [0.1, 0.15) is 5.75 Å². The molecule has 1 aliphatic rings. The van der Waals surface area contributed by atoms with Gasteiger partial charge in [0.15, 0.2) is 5.76 Å². The molecule has 4 rings (SSSR count). The third-order valence-electron chi connectivity index (χ3n) is 4.25. The minimum atomic E-state index is -0.245. The third-order valence-corrected chi connectivity index (χ3v) is 4.25. The molecule has 6 heteroatoms. The second kappa shape index (κ2) is 6.13. The number of rotatable bonds is 4. The number of ether oxygens (including phenoxy) is 2.